The first-order valence-corrected chi connectivity index (χ1v) is 13.0. The van der Waals surface area contributed by atoms with Crippen molar-refractivity contribution in [1.82, 2.24) is 9.66 Å². The Kier molecular flexibility index (Phi) is 7.84. The van der Waals surface area contributed by atoms with E-state index in [1.165, 1.54) is 10.9 Å². The highest BCUT2D eigenvalue weighted by Crippen LogP contribution is 2.30. The molecule has 0 radical (unpaired) electrons. The number of halogens is 1. The minimum Gasteiger partial charge on any atom is -0.490 e. The van der Waals surface area contributed by atoms with Crippen LogP contribution < -0.4 is 15.0 Å². The van der Waals surface area contributed by atoms with Gasteiger partial charge in [0.1, 0.15) is 5.58 Å². The standard InChI is InChI=1S/C30H26ClN3O6/c1-4-37-26-13-19(9-11-25(26)38-17-28(35)39-18(2)3)16-32-34-29(33-23-8-6-5-7-22(23)30(34)36)27-15-20-14-21(31)10-12-24(20)40-27/h5-16,18H,4,17H2,1-3H3. The van der Waals surface area contributed by atoms with Gasteiger partial charge in [-0.15, -0.1) is 0 Å². The molecule has 9 nitrogen and oxygen atoms in total. The smallest absolute Gasteiger partial charge is 0.344 e. The van der Waals surface area contributed by atoms with E-state index < -0.39 is 5.97 Å². The molecule has 40 heavy (non-hydrogen) atoms. The van der Waals surface area contributed by atoms with E-state index in [9.17, 15) is 9.59 Å². The van der Waals surface area contributed by atoms with Gasteiger partial charge in [-0.2, -0.15) is 9.78 Å². The van der Waals surface area contributed by atoms with Crippen LogP contribution in [0.3, 0.4) is 0 Å². The molecule has 5 aromatic rings. The average Bonchev–Trinajstić information content (AvgIpc) is 3.35. The van der Waals surface area contributed by atoms with Gasteiger partial charge in [-0.05, 0) is 80.9 Å². The Labute approximate surface area is 234 Å². The molecule has 0 N–H and O–H groups in total. The van der Waals surface area contributed by atoms with Crippen LogP contribution in [0.25, 0.3) is 33.5 Å². The second-order valence-corrected chi connectivity index (χ2v) is 9.51. The Morgan fingerprint density at radius 2 is 1.90 bits per heavy atom. The Hall–Kier alpha value is -4.63. The third-order valence-electron chi connectivity index (χ3n) is 5.76. The van der Waals surface area contributed by atoms with Crippen LogP contribution in [0.5, 0.6) is 11.5 Å². The summed E-state index contributed by atoms with van der Waals surface area (Å²) in [6.07, 6.45) is 1.27. The van der Waals surface area contributed by atoms with Gasteiger partial charge >= 0.3 is 5.97 Å². The molecule has 0 aliphatic rings. The van der Waals surface area contributed by atoms with Crippen LogP contribution in [0.2, 0.25) is 5.02 Å². The number of hydrogen-bond donors (Lipinski definition) is 0. The number of esters is 1. The average molecular weight is 560 g/mol. The van der Waals surface area contributed by atoms with Gasteiger partial charge in [0.05, 0.1) is 29.8 Å². The summed E-state index contributed by atoms with van der Waals surface area (Å²) in [6.45, 7) is 5.49. The largest absolute Gasteiger partial charge is 0.490 e. The number of hydrogen-bond acceptors (Lipinski definition) is 8. The monoisotopic (exact) mass is 559 g/mol. The van der Waals surface area contributed by atoms with Gasteiger partial charge < -0.3 is 18.6 Å². The molecule has 0 aliphatic heterocycles. The molecule has 10 heteroatoms. The molecule has 204 valence electrons. The van der Waals surface area contributed by atoms with Gasteiger partial charge in [-0.1, -0.05) is 23.7 Å². The van der Waals surface area contributed by atoms with E-state index in [2.05, 4.69) is 5.10 Å². The fourth-order valence-corrected chi connectivity index (χ4v) is 4.25. The summed E-state index contributed by atoms with van der Waals surface area (Å²) in [5.41, 5.74) is 1.39. The molecule has 0 spiro atoms. The predicted molar refractivity (Wildman–Crippen MR) is 154 cm³/mol. The van der Waals surface area contributed by atoms with Crippen molar-refractivity contribution in [1.29, 1.82) is 0 Å². The van der Waals surface area contributed by atoms with E-state index in [1.54, 1.807) is 74.5 Å². The first-order chi connectivity index (χ1) is 19.3. The highest BCUT2D eigenvalue weighted by atomic mass is 35.5. The summed E-state index contributed by atoms with van der Waals surface area (Å²) < 4.78 is 23.7. The second-order valence-electron chi connectivity index (χ2n) is 9.07. The zero-order valence-corrected chi connectivity index (χ0v) is 22.8. The number of fused-ring (bicyclic) bond motifs is 2. The van der Waals surface area contributed by atoms with Crippen LogP contribution in [0.15, 0.2) is 81.0 Å². The van der Waals surface area contributed by atoms with Crippen molar-refractivity contribution >= 4 is 45.7 Å². The molecule has 0 fully saturated rings. The molecule has 0 aliphatic carbocycles. The number of benzene rings is 3. The van der Waals surface area contributed by atoms with Crippen LogP contribution in [-0.4, -0.2) is 41.2 Å². The fraction of sp³-hybridized carbons (Fsp3) is 0.200. The Morgan fingerprint density at radius 3 is 2.70 bits per heavy atom. The van der Waals surface area contributed by atoms with Crippen LogP contribution in [0, 0.1) is 0 Å². The Morgan fingerprint density at radius 1 is 1.07 bits per heavy atom. The number of carbonyl (C=O) groups excluding carboxylic acids is 1. The lowest BCUT2D eigenvalue weighted by atomic mass is 10.2. The highest BCUT2D eigenvalue weighted by Gasteiger charge is 2.17. The third-order valence-corrected chi connectivity index (χ3v) is 5.99. The lowest BCUT2D eigenvalue weighted by Gasteiger charge is -2.13. The lowest BCUT2D eigenvalue weighted by Crippen LogP contribution is -2.20. The lowest BCUT2D eigenvalue weighted by molar-refractivity contribution is -0.149. The number of nitrogens with zero attached hydrogens (tertiary/aromatic N) is 3. The molecule has 0 saturated heterocycles. The zero-order chi connectivity index (χ0) is 28.2. The molecule has 0 saturated carbocycles. The number of carbonyl (C=O) groups is 1. The molecular weight excluding hydrogens is 534 g/mol. The Balaban J connectivity index is 1.53. The maximum absolute atomic E-state index is 13.5. The van der Waals surface area contributed by atoms with Crippen molar-refractivity contribution in [3.63, 3.8) is 0 Å². The topological polar surface area (TPSA) is 105 Å². The van der Waals surface area contributed by atoms with Crippen LogP contribution in [0.1, 0.15) is 26.3 Å². The summed E-state index contributed by atoms with van der Waals surface area (Å²) in [4.78, 5) is 30.1. The first kappa shape index (κ1) is 27.0. The van der Waals surface area contributed by atoms with Crippen LogP contribution in [-0.2, 0) is 9.53 Å². The predicted octanol–water partition coefficient (Wildman–Crippen LogP) is 6.07. The van der Waals surface area contributed by atoms with Crippen molar-refractivity contribution in [2.75, 3.05) is 13.2 Å². The van der Waals surface area contributed by atoms with E-state index in [4.69, 9.17) is 35.2 Å². The van der Waals surface area contributed by atoms with Crippen molar-refractivity contribution in [3.05, 3.63) is 87.7 Å². The maximum Gasteiger partial charge on any atom is 0.344 e. The summed E-state index contributed by atoms with van der Waals surface area (Å²) in [6, 6.07) is 19.2. The SMILES string of the molecule is CCOc1cc(C=Nn2c(-c3cc4cc(Cl)ccc4o3)nc3ccccc3c2=O)ccc1OCC(=O)OC(C)C. The summed E-state index contributed by atoms with van der Waals surface area (Å²) in [5.74, 6) is 0.921. The van der Waals surface area contributed by atoms with Gasteiger partial charge in [0.15, 0.2) is 23.9 Å². The normalized spacial score (nSPS) is 11.5. The van der Waals surface area contributed by atoms with Gasteiger partial charge in [0, 0.05) is 10.4 Å². The summed E-state index contributed by atoms with van der Waals surface area (Å²) >= 11 is 6.15. The summed E-state index contributed by atoms with van der Waals surface area (Å²) in [7, 11) is 0. The summed E-state index contributed by atoms with van der Waals surface area (Å²) in [5, 5.41) is 6.24. The highest BCUT2D eigenvalue weighted by molar-refractivity contribution is 6.31. The molecule has 2 aromatic heterocycles. The maximum atomic E-state index is 13.5. The van der Waals surface area contributed by atoms with Crippen molar-refractivity contribution in [2.24, 2.45) is 5.10 Å². The van der Waals surface area contributed by atoms with Crippen molar-refractivity contribution in [2.45, 2.75) is 26.9 Å². The second kappa shape index (κ2) is 11.6. The fourth-order valence-electron chi connectivity index (χ4n) is 4.07. The minimum atomic E-state index is -0.480. The molecular formula is C30H26ClN3O6. The number of rotatable bonds is 9. The van der Waals surface area contributed by atoms with Gasteiger partial charge in [-0.3, -0.25) is 4.79 Å². The number of ether oxygens (including phenoxy) is 3. The first-order valence-electron chi connectivity index (χ1n) is 12.7. The van der Waals surface area contributed by atoms with Gasteiger partial charge in [0.25, 0.3) is 5.56 Å². The van der Waals surface area contributed by atoms with E-state index in [1.807, 2.05) is 13.0 Å². The van der Waals surface area contributed by atoms with E-state index in [0.717, 1.165) is 5.39 Å². The molecule has 3 aromatic carbocycles. The van der Waals surface area contributed by atoms with Gasteiger partial charge in [0.2, 0.25) is 5.82 Å². The van der Waals surface area contributed by atoms with Crippen molar-refractivity contribution in [3.8, 4) is 23.1 Å². The molecule has 2 heterocycles. The van der Waals surface area contributed by atoms with Crippen LogP contribution in [0.4, 0.5) is 0 Å². The van der Waals surface area contributed by atoms with E-state index in [-0.39, 0.29) is 24.1 Å². The Bertz CT molecular complexity index is 1790. The van der Waals surface area contributed by atoms with Crippen molar-refractivity contribution < 1.29 is 23.4 Å². The quantitative estimate of drug-likeness (QED) is 0.159. The molecule has 0 unspecified atom stereocenters. The number of furan rings is 1. The molecule has 5 rings (SSSR count). The number of para-hydroxylation sites is 1. The molecule has 0 amide bonds. The van der Waals surface area contributed by atoms with Gasteiger partial charge in [-0.25, -0.2) is 9.78 Å². The van der Waals surface area contributed by atoms with E-state index in [0.29, 0.717) is 50.9 Å². The third kappa shape index (κ3) is 5.84. The molecule has 0 bridgehead atoms. The zero-order valence-electron chi connectivity index (χ0n) is 22.1. The minimum absolute atomic E-state index is 0.237. The number of aromatic nitrogens is 2. The van der Waals surface area contributed by atoms with E-state index >= 15 is 0 Å². The van der Waals surface area contributed by atoms with Crippen LogP contribution >= 0.6 is 11.6 Å². The molecule has 0 atom stereocenters.